The summed E-state index contributed by atoms with van der Waals surface area (Å²) in [6.45, 7) is 3.86. The SMILES string of the molecule is CC(C)c1nc(-c2cccc(C(=O)O)n2)no1. The van der Waals surface area contributed by atoms with Crippen molar-refractivity contribution >= 4 is 5.97 Å². The molecule has 0 aliphatic carbocycles. The molecule has 6 heteroatoms. The van der Waals surface area contributed by atoms with Gasteiger partial charge in [-0.3, -0.25) is 0 Å². The van der Waals surface area contributed by atoms with E-state index in [0.717, 1.165) is 0 Å². The van der Waals surface area contributed by atoms with E-state index in [1.54, 1.807) is 12.1 Å². The fourth-order valence-electron chi connectivity index (χ4n) is 1.25. The normalized spacial score (nSPS) is 10.8. The molecule has 0 saturated heterocycles. The minimum absolute atomic E-state index is 0.0432. The Kier molecular flexibility index (Phi) is 2.86. The van der Waals surface area contributed by atoms with Crippen LogP contribution >= 0.6 is 0 Å². The fraction of sp³-hybridized carbons (Fsp3) is 0.273. The number of aromatic carboxylic acids is 1. The molecule has 0 fully saturated rings. The van der Waals surface area contributed by atoms with Gasteiger partial charge < -0.3 is 9.63 Å². The van der Waals surface area contributed by atoms with Gasteiger partial charge in [-0.05, 0) is 12.1 Å². The molecule has 0 aromatic carbocycles. The quantitative estimate of drug-likeness (QED) is 0.871. The monoisotopic (exact) mass is 233 g/mol. The zero-order chi connectivity index (χ0) is 12.4. The number of carboxylic acid groups (broad SMARTS) is 1. The van der Waals surface area contributed by atoms with Gasteiger partial charge in [0.15, 0.2) is 0 Å². The first-order valence-corrected chi connectivity index (χ1v) is 5.12. The Labute approximate surface area is 97.3 Å². The van der Waals surface area contributed by atoms with Crippen molar-refractivity contribution in [3.8, 4) is 11.5 Å². The van der Waals surface area contributed by atoms with Crippen molar-refractivity contribution in [2.75, 3.05) is 0 Å². The Morgan fingerprint density at radius 1 is 1.35 bits per heavy atom. The summed E-state index contributed by atoms with van der Waals surface area (Å²) in [6, 6.07) is 4.65. The summed E-state index contributed by atoms with van der Waals surface area (Å²) >= 11 is 0. The minimum Gasteiger partial charge on any atom is -0.477 e. The number of pyridine rings is 1. The third-order valence-corrected chi connectivity index (χ3v) is 2.13. The summed E-state index contributed by atoms with van der Waals surface area (Å²) in [5.74, 6) is -0.155. The van der Waals surface area contributed by atoms with Crippen molar-refractivity contribution in [3.63, 3.8) is 0 Å². The van der Waals surface area contributed by atoms with E-state index in [1.165, 1.54) is 6.07 Å². The number of hydrogen-bond donors (Lipinski definition) is 1. The number of hydrogen-bond acceptors (Lipinski definition) is 5. The van der Waals surface area contributed by atoms with Crippen LogP contribution in [0.4, 0.5) is 0 Å². The molecule has 2 aromatic rings. The van der Waals surface area contributed by atoms with Gasteiger partial charge in [0.1, 0.15) is 11.4 Å². The molecule has 0 aliphatic rings. The largest absolute Gasteiger partial charge is 0.477 e. The lowest BCUT2D eigenvalue weighted by molar-refractivity contribution is 0.0690. The topological polar surface area (TPSA) is 89.1 Å². The predicted octanol–water partition coefficient (Wildman–Crippen LogP) is 1.95. The van der Waals surface area contributed by atoms with Crippen LogP contribution in [-0.4, -0.2) is 26.2 Å². The molecule has 0 unspecified atom stereocenters. The molecule has 2 rings (SSSR count). The molecule has 2 aromatic heterocycles. The van der Waals surface area contributed by atoms with Crippen molar-refractivity contribution in [2.24, 2.45) is 0 Å². The highest BCUT2D eigenvalue weighted by molar-refractivity contribution is 5.85. The highest BCUT2D eigenvalue weighted by atomic mass is 16.5. The number of aromatic nitrogens is 3. The lowest BCUT2D eigenvalue weighted by Gasteiger charge is -1.96. The summed E-state index contributed by atoms with van der Waals surface area (Å²) in [5, 5.41) is 12.6. The second kappa shape index (κ2) is 4.32. The molecule has 0 saturated carbocycles. The van der Waals surface area contributed by atoms with E-state index in [2.05, 4.69) is 15.1 Å². The molecule has 17 heavy (non-hydrogen) atoms. The van der Waals surface area contributed by atoms with Crippen molar-refractivity contribution in [3.05, 3.63) is 29.8 Å². The van der Waals surface area contributed by atoms with Crippen LogP contribution in [0, 0.1) is 0 Å². The molecule has 0 bridgehead atoms. The Hall–Kier alpha value is -2.24. The molecule has 0 amide bonds. The average Bonchev–Trinajstić information content (AvgIpc) is 2.78. The van der Waals surface area contributed by atoms with Crippen LogP contribution in [0.2, 0.25) is 0 Å². The second-order valence-corrected chi connectivity index (χ2v) is 3.82. The van der Waals surface area contributed by atoms with E-state index in [4.69, 9.17) is 9.63 Å². The van der Waals surface area contributed by atoms with Gasteiger partial charge in [0.2, 0.25) is 11.7 Å². The molecular weight excluding hydrogens is 222 g/mol. The van der Waals surface area contributed by atoms with Crippen LogP contribution in [0.15, 0.2) is 22.7 Å². The number of rotatable bonds is 3. The van der Waals surface area contributed by atoms with Crippen LogP contribution in [0.3, 0.4) is 0 Å². The van der Waals surface area contributed by atoms with E-state index in [1.807, 2.05) is 13.8 Å². The lowest BCUT2D eigenvalue weighted by atomic mass is 10.2. The molecule has 0 radical (unpaired) electrons. The summed E-state index contributed by atoms with van der Waals surface area (Å²) in [5.41, 5.74) is 0.346. The van der Waals surface area contributed by atoms with Crippen molar-refractivity contribution in [1.82, 2.24) is 15.1 Å². The highest BCUT2D eigenvalue weighted by Crippen LogP contribution is 2.17. The molecule has 2 heterocycles. The Morgan fingerprint density at radius 2 is 2.12 bits per heavy atom. The first-order valence-electron chi connectivity index (χ1n) is 5.12. The maximum absolute atomic E-state index is 10.8. The first-order chi connectivity index (χ1) is 8.08. The Bertz CT molecular complexity index is 548. The molecule has 6 nitrogen and oxygen atoms in total. The molecule has 88 valence electrons. The molecular formula is C11H11N3O3. The van der Waals surface area contributed by atoms with Crippen LogP contribution in [0.1, 0.15) is 36.1 Å². The van der Waals surface area contributed by atoms with E-state index < -0.39 is 5.97 Å². The average molecular weight is 233 g/mol. The first kappa shape index (κ1) is 11.3. The van der Waals surface area contributed by atoms with Gasteiger partial charge in [-0.2, -0.15) is 4.98 Å². The van der Waals surface area contributed by atoms with Crippen molar-refractivity contribution in [1.29, 1.82) is 0 Å². The fourth-order valence-corrected chi connectivity index (χ4v) is 1.25. The molecule has 0 aliphatic heterocycles. The predicted molar refractivity (Wildman–Crippen MR) is 58.6 cm³/mol. The van der Waals surface area contributed by atoms with Crippen molar-refractivity contribution < 1.29 is 14.4 Å². The molecule has 0 atom stereocenters. The Morgan fingerprint density at radius 3 is 2.71 bits per heavy atom. The van der Waals surface area contributed by atoms with Crippen LogP contribution < -0.4 is 0 Å². The summed E-state index contributed by atoms with van der Waals surface area (Å²) in [6.07, 6.45) is 0. The van der Waals surface area contributed by atoms with E-state index in [-0.39, 0.29) is 11.6 Å². The van der Waals surface area contributed by atoms with Gasteiger partial charge in [0.25, 0.3) is 0 Å². The van der Waals surface area contributed by atoms with Gasteiger partial charge >= 0.3 is 5.97 Å². The zero-order valence-electron chi connectivity index (χ0n) is 9.41. The lowest BCUT2D eigenvalue weighted by Crippen LogP contribution is -2.01. The summed E-state index contributed by atoms with van der Waals surface area (Å²) in [7, 11) is 0. The van der Waals surface area contributed by atoms with E-state index >= 15 is 0 Å². The standard InChI is InChI=1S/C11H11N3O3/c1-6(2)10-13-9(14-17-10)7-4-3-5-8(12-7)11(15)16/h3-6H,1-2H3,(H,15,16). The Balaban J connectivity index is 2.38. The van der Waals surface area contributed by atoms with Crippen LogP contribution in [0.25, 0.3) is 11.5 Å². The number of carbonyl (C=O) groups is 1. The summed E-state index contributed by atoms with van der Waals surface area (Å²) < 4.78 is 5.03. The highest BCUT2D eigenvalue weighted by Gasteiger charge is 2.14. The summed E-state index contributed by atoms with van der Waals surface area (Å²) in [4.78, 5) is 18.8. The molecule has 0 spiro atoms. The number of nitrogens with zero attached hydrogens (tertiary/aromatic N) is 3. The third kappa shape index (κ3) is 2.30. The van der Waals surface area contributed by atoms with E-state index in [9.17, 15) is 4.79 Å². The van der Waals surface area contributed by atoms with Crippen LogP contribution in [0.5, 0.6) is 0 Å². The van der Waals surface area contributed by atoms with Gasteiger partial charge in [-0.15, -0.1) is 0 Å². The number of carboxylic acids is 1. The smallest absolute Gasteiger partial charge is 0.354 e. The maximum Gasteiger partial charge on any atom is 0.354 e. The zero-order valence-corrected chi connectivity index (χ0v) is 9.41. The van der Waals surface area contributed by atoms with Crippen molar-refractivity contribution in [2.45, 2.75) is 19.8 Å². The van der Waals surface area contributed by atoms with Gasteiger partial charge in [0.05, 0.1) is 0 Å². The van der Waals surface area contributed by atoms with Gasteiger partial charge in [0, 0.05) is 5.92 Å². The maximum atomic E-state index is 10.8. The minimum atomic E-state index is -1.08. The third-order valence-electron chi connectivity index (χ3n) is 2.13. The van der Waals surface area contributed by atoms with E-state index in [0.29, 0.717) is 17.4 Å². The molecule has 1 N–H and O–H groups in total. The van der Waals surface area contributed by atoms with Gasteiger partial charge in [-0.25, -0.2) is 9.78 Å². The van der Waals surface area contributed by atoms with Gasteiger partial charge in [-0.1, -0.05) is 25.1 Å². The van der Waals surface area contributed by atoms with Crippen LogP contribution in [-0.2, 0) is 0 Å². The second-order valence-electron chi connectivity index (χ2n) is 3.82.